The first-order valence-electron chi connectivity index (χ1n) is 13.3. The van der Waals surface area contributed by atoms with Crippen LogP contribution in [0.15, 0.2) is 53.5 Å². The van der Waals surface area contributed by atoms with Crippen LogP contribution in [0.4, 0.5) is 19.3 Å². The summed E-state index contributed by atoms with van der Waals surface area (Å²) in [5.41, 5.74) is 0.864. The lowest BCUT2D eigenvalue weighted by Gasteiger charge is -2.48. The molecule has 0 radical (unpaired) electrons. The molecule has 1 saturated carbocycles. The van der Waals surface area contributed by atoms with Crippen molar-refractivity contribution >= 4 is 17.6 Å². The Kier molecular flexibility index (Phi) is 7.21. The first kappa shape index (κ1) is 25.6. The maximum Gasteiger partial charge on any atom is 0.350 e. The minimum Gasteiger partial charge on any atom is -0.491 e. The zero-order valence-electron chi connectivity index (χ0n) is 21.8. The van der Waals surface area contributed by atoms with Crippen molar-refractivity contribution in [3.63, 3.8) is 0 Å². The summed E-state index contributed by atoms with van der Waals surface area (Å²) in [5.74, 6) is 0.967. The number of ether oxygens (including phenoxy) is 1. The fourth-order valence-electron chi connectivity index (χ4n) is 6.08. The Labute approximate surface area is 217 Å². The molecule has 0 aromatic heterocycles. The van der Waals surface area contributed by atoms with Gasteiger partial charge in [0.25, 0.3) is 0 Å². The summed E-state index contributed by atoms with van der Waals surface area (Å²) in [6.45, 7) is 7.62. The molecule has 2 amide bonds. The number of benzene rings is 2. The van der Waals surface area contributed by atoms with Crippen molar-refractivity contribution in [3.8, 4) is 5.75 Å². The van der Waals surface area contributed by atoms with E-state index in [0.717, 1.165) is 24.3 Å². The van der Waals surface area contributed by atoms with E-state index in [1.165, 1.54) is 12.1 Å². The Hall–Kier alpha value is -3.00. The largest absolute Gasteiger partial charge is 0.491 e. The summed E-state index contributed by atoms with van der Waals surface area (Å²) < 4.78 is 34.7. The summed E-state index contributed by atoms with van der Waals surface area (Å²) in [6.07, 6.45) is 2.39. The molecular formula is C29H36F2N4O2. The zero-order valence-corrected chi connectivity index (χ0v) is 21.8. The number of halogens is 2. The van der Waals surface area contributed by atoms with Gasteiger partial charge in [0, 0.05) is 24.8 Å². The SMILES string of the molecule is CC(C)Oc1cccc(CN2CCC3(C[C@@H]2C)C(N[C@H]2CCC[C@@H]2F)=NC(=O)N3c2cccc(F)c2)c1. The van der Waals surface area contributed by atoms with Crippen LogP contribution in [0.2, 0.25) is 0 Å². The van der Waals surface area contributed by atoms with Crippen molar-refractivity contribution < 1.29 is 18.3 Å². The van der Waals surface area contributed by atoms with Crippen molar-refractivity contribution in [2.75, 3.05) is 11.4 Å². The molecule has 1 N–H and O–H groups in total. The van der Waals surface area contributed by atoms with E-state index in [0.29, 0.717) is 43.8 Å². The van der Waals surface area contributed by atoms with E-state index in [4.69, 9.17) is 4.74 Å². The molecule has 0 bridgehead atoms. The summed E-state index contributed by atoms with van der Waals surface area (Å²) in [4.78, 5) is 21.7. The van der Waals surface area contributed by atoms with Crippen molar-refractivity contribution in [2.45, 2.75) is 89.3 Å². The number of amides is 2. The first-order valence-corrected chi connectivity index (χ1v) is 13.3. The predicted molar refractivity (Wildman–Crippen MR) is 141 cm³/mol. The van der Waals surface area contributed by atoms with Gasteiger partial charge in [0.15, 0.2) is 0 Å². The van der Waals surface area contributed by atoms with Crippen LogP contribution in [-0.2, 0) is 6.54 Å². The maximum atomic E-state index is 14.6. The number of nitrogens with zero attached hydrogens (tertiary/aromatic N) is 3. The smallest absolute Gasteiger partial charge is 0.350 e. The van der Waals surface area contributed by atoms with Crippen LogP contribution in [-0.4, -0.2) is 53.2 Å². The third-order valence-electron chi connectivity index (χ3n) is 7.81. The second kappa shape index (κ2) is 10.4. The molecule has 2 heterocycles. The first-order chi connectivity index (χ1) is 17.7. The lowest BCUT2D eigenvalue weighted by Crippen LogP contribution is -2.64. The van der Waals surface area contributed by atoms with Gasteiger partial charge in [0.2, 0.25) is 0 Å². The van der Waals surface area contributed by atoms with E-state index >= 15 is 0 Å². The van der Waals surface area contributed by atoms with Crippen LogP contribution in [0.3, 0.4) is 0 Å². The Morgan fingerprint density at radius 3 is 2.70 bits per heavy atom. The second-order valence-electron chi connectivity index (χ2n) is 10.9. The molecule has 1 spiro atoms. The highest BCUT2D eigenvalue weighted by Crippen LogP contribution is 2.41. The number of hydrogen-bond donors (Lipinski definition) is 1. The molecule has 198 valence electrons. The van der Waals surface area contributed by atoms with Crippen LogP contribution in [0.25, 0.3) is 0 Å². The molecule has 2 aromatic carbocycles. The summed E-state index contributed by atoms with van der Waals surface area (Å²) in [6, 6.07) is 13.6. The second-order valence-corrected chi connectivity index (χ2v) is 10.9. The number of carbonyl (C=O) groups is 1. The van der Waals surface area contributed by atoms with E-state index in [1.807, 2.05) is 26.0 Å². The van der Waals surface area contributed by atoms with Gasteiger partial charge in [-0.05, 0) is 88.8 Å². The van der Waals surface area contributed by atoms with Crippen molar-refractivity contribution in [2.24, 2.45) is 4.99 Å². The molecule has 2 aliphatic heterocycles. The number of urea groups is 1. The molecule has 1 aliphatic carbocycles. The average Bonchev–Trinajstić information content (AvgIpc) is 3.35. The Morgan fingerprint density at radius 1 is 1.19 bits per heavy atom. The van der Waals surface area contributed by atoms with Gasteiger partial charge in [-0.25, -0.2) is 13.6 Å². The van der Waals surface area contributed by atoms with Crippen molar-refractivity contribution in [1.29, 1.82) is 0 Å². The lowest BCUT2D eigenvalue weighted by molar-refractivity contribution is 0.121. The van der Waals surface area contributed by atoms with Gasteiger partial charge >= 0.3 is 6.03 Å². The Morgan fingerprint density at radius 2 is 2.00 bits per heavy atom. The number of aliphatic imine (C=N–C) groups is 1. The average molecular weight is 511 g/mol. The maximum absolute atomic E-state index is 14.6. The molecule has 8 heteroatoms. The highest BCUT2D eigenvalue weighted by atomic mass is 19.1. The molecule has 3 aliphatic rings. The quantitative estimate of drug-likeness (QED) is 0.529. The minimum atomic E-state index is -0.962. The number of hydrogen-bond acceptors (Lipinski definition) is 4. The molecule has 5 rings (SSSR count). The molecule has 2 fully saturated rings. The number of piperidine rings is 1. The number of anilines is 1. The molecule has 1 saturated heterocycles. The topological polar surface area (TPSA) is 57.2 Å². The standard InChI is InChI=1S/C29H36F2N4O2/c1-19(2)37-24-10-4-7-21(15-24)18-34-14-13-29(17-20(34)3)27(32-26-12-6-11-25(26)31)33-28(36)35(29)23-9-5-8-22(30)16-23/h4-5,7-10,15-16,19-20,25-26H,6,11-14,17-18H2,1-3H3,(H,32,33,36)/t20-,25-,26-,29?/m0/s1. The van der Waals surface area contributed by atoms with Crippen molar-refractivity contribution in [1.82, 2.24) is 10.2 Å². The van der Waals surface area contributed by atoms with Crippen molar-refractivity contribution in [3.05, 3.63) is 59.9 Å². The summed E-state index contributed by atoms with van der Waals surface area (Å²) in [7, 11) is 0. The van der Waals surface area contributed by atoms with Crippen LogP contribution in [0.5, 0.6) is 5.75 Å². The molecule has 1 unspecified atom stereocenters. The Bertz CT molecular complexity index is 1170. The van der Waals surface area contributed by atoms with Crippen LogP contribution >= 0.6 is 0 Å². The van der Waals surface area contributed by atoms with E-state index in [-0.39, 0.29) is 18.2 Å². The number of alkyl halides is 1. The number of carbonyl (C=O) groups excluding carboxylic acids is 1. The number of amidine groups is 1. The molecule has 2 aromatic rings. The predicted octanol–water partition coefficient (Wildman–Crippen LogP) is 5.85. The van der Waals surface area contributed by atoms with E-state index < -0.39 is 23.6 Å². The molecule has 4 atom stereocenters. The highest BCUT2D eigenvalue weighted by molar-refractivity contribution is 6.16. The van der Waals surface area contributed by atoms with Gasteiger partial charge in [-0.3, -0.25) is 9.80 Å². The van der Waals surface area contributed by atoms with E-state index in [1.54, 1.807) is 17.0 Å². The molecular weight excluding hydrogens is 474 g/mol. The van der Waals surface area contributed by atoms with Gasteiger partial charge in [-0.2, -0.15) is 4.99 Å². The van der Waals surface area contributed by atoms with E-state index in [2.05, 4.69) is 34.3 Å². The van der Waals surface area contributed by atoms with Crippen LogP contribution < -0.4 is 15.0 Å². The van der Waals surface area contributed by atoms with Gasteiger partial charge < -0.3 is 10.1 Å². The lowest BCUT2D eigenvalue weighted by atomic mass is 9.80. The number of rotatable bonds is 6. The third-order valence-corrected chi connectivity index (χ3v) is 7.81. The highest BCUT2D eigenvalue weighted by Gasteiger charge is 2.54. The normalized spacial score (nSPS) is 28.3. The van der Waals surface area contributed by atoms with Crippen LogP contribution in [0, 0.1) is 5.82 Å². The summed E-state index contributed by atoms with van der Waals surface area (Å²) in [5, 5.41) is 3.33. The van der Waals surface area contributed by atoms with Gasteiger partial charge in [-0.15, -0.1) is 0 Å². The molecule has 6 nitrogen and oxygen atoms in total. The zero-order chi connectivity index (χ0) is 26.2. The fourth-order valence-corrected chi connectivity index (χ4v) is 6.08. The minimum absolute atomic E-state index is 0.0992. The molecule has 37 heavy (non-hydrogen) atoms. The fraction of sp³-hybridized carbons (Fsp3) is 0.517. The monoisotopic (exact) mass is 510 g/mol. The van der Waals surface area contributed by atoms with Gasteiger partial charge in [0.1, 0.15) is 29.1 Å². The number of nitrogens with one attached hydrogen (secondary N) is 1. The third kappa shape index (κ3) is 5.21. The van der Waals surface area contributed by atoms with Crippen LogP contribution in [0.1, 0.15) is 58.4 Å². The van der Waals surface area contributed by atoms with Gasteiger partial charge in [0.05, 0.1) is 12.1 Å². The van der Waals surface area contributed by atoms with E-state index in [9.17, 15) is 13.6 Å². The van der Waals surface area contributed by atoms with Gasteiger partial charge in [-0.1, -0.05) is 18.2 Å². The Balaban J connectivity index is 1.41. The number of likely N-dealkylation sites (tertiary alicyclic amines) is 1. The summed E-state index contributed by atoms with van der Waals surface area (Å²) >= 11 is 0.